The zero-order valence-electron chi connectivity index (χ0n) is 81.7. The molecule has 9 heterocycles. The van der Waals surface area contributed by atoms with Crippen LogP contribution in [0.2, 0.25) is 0 Å². The molecule has 0 spiro atoms. The third-order valence-electron chi connectivity index (χ3n) is 29.7. The lowest BCUT2D eigenvalue weighted by Gasteiger charge is -2.15. The summed E-state index contributed by atoms with van der Waals surface area (Å²) in [4.78, 5) is 16.1. The second kappa shape index (κ2) is 37.2. The molecule has 0 aliphatic rings. The number of para-hydroxylation sites is 11. The predicted molar refractivity (Wildman–Crippen MR) is 628 cm³/mol. The van der Waals surface area contributed by atoms with E-state index in [2.05, 4.69) is 592 Å². The number of hydrogen-bond acceptors (Lipinski definition) is 3. The zero-order valence-corrected chi connectivity index (χ0v) is 81.7. The lowest BCUT2D eigenvalue weighted by molar-refractivity contribution is 1.08. The van der Waals surface area contributed by atoms with E-state index < -0.39 is 0 Å². The predicted octanol–water partition coefficient (Wildman–Crippen LogP) is 36.8. The number of pyridine rings is 3. The minimum atomic E-state index is 0.894. The average molecular weight is 1910 g/mol. The summed E-state index contributed by atoms with van der Waals surface area (Å²) in [6.07, 6.45) is 0. The van der Waals surface area contributed by atoms with Crippen LogP contribution in [0.5, 0.6) is 0 Å². The molecule has 0 unspecified atom stereocenters. The van der Waals surface area contributed by atoms with E-state index in [4.69, 9.17) is 15.0 Å². The van der Waals surface area contributed by atoms with E-state index in [-0.39, 0.29) is 0 Å². The maximum atomic E-state index is 5.39. The second-order valence-corrected chi connectivity index (χ2v) is 38.4. The lowest BCUT2D eigenvalue weighted by Crippen LogP contribution is -2.01. The zero-order chi connectivity index (χ0) is 99.1. The molecule has 0 atom stereocenters. The number of benzene rings is 21. The van der Waals surface area contributed by atoms with Gasteiger partial charge < -0.3 is 13.7 Å². The molecule has 0 radical (unpaired) electrons. The van der Waals surface area contributed by atoms with Crippen molar-refractivity contribution in [3.8, 4) is 135 Å². The highest BCUT2D eigenvalue weighted by molar-refractivity contribution is 6.22. The second-order valence-electron chi connectivity index (χ2n) is 38.4. The van der Waals surface area contributed by atoms with Crippen LogP contribution in [-0.4, -0.2) is 42.4 Å². The van der Waals surface area contributed by atoms with Crippen LogP contribution in [0.25, 0.3) is 266 Å². The Balaban J connectivity index is 0.000000108. The van der Waals surface area contributed by atoms with Crippen molar-refractivity contribution < 1.29 is 0 Å². The van der Waals surface area contributed by atoms with Crippen molar-refractivity contribution in [1.82, 2.24) is 42.4 Å². The van der Waals surface area contributed by atoms with Gasteiger partial charge in [-0.25, -0.2) is 15.0 Å². The SMILES string of the molecule is c1ccc(-c2cc(-c3ccccc3)nc(-n3c4ccccc4c4c(-c5cccc6c7ccccc7n(-c7ccccc7)c56)cccc43)c2)cc1.c1ccc(-c2cc(-c3ccccc3)nc(-n3c4ccccc4c4ccc(-c5ccc6c7ccccc7n(-c7ccccc7)c6c5)cc43)c2)cc1.c1ccc(-c2cc(-c3ccccc3)nc(-n3c4ccccc4c4cccc(-c5ccc6c(c5)c5ccccc5n6-c5ccccc5)c43)c2)cc1. The highest BCUT2D eigenvalue weighted by Crippen LogP contribution is 2.49. The fourth-order valence-electron chi connectivity index (χ4n) is 23.0. The lowest BCUT2D eigenvalue weighted by atomic mass is 9.97. The summed E-state index contributed by atoms with van der Waals surface area (Å²) in [6.45, 7) is 0. The summed E-state index contributed by atoms with van der Waals surface area (Å²) in [5.74, 6) is 2.68. The number of nitrogens with zero attached hydrogens (tertiary/aromatic N) is 9. The van der Waals surface area contributed by atoms with E-state index in [9.17, 15) is 0 Å². The highest BCUT2D eigenvalue weighted by Gasteiger charge is 2.27. The Morgan fingerprint density at radius 2 is 0.387 bits per heavy atom. The monoisotopic (exact) mass is 1910 g/mol. The Hall–Kier alpha value is -20.1. The van der Waals surface area contributed by atoms with Crippen LogP contribution in [-0.2, 0) is 0 Å². The molecule has 9 nitrogen and oxygen atoms in total. The summed E-state index contributed by atoms with van der Waals surface area (Å²) in [5.41, 5.74) is 37.6. The molecular formula is C141H93N9. The molecule has 30 rings (SSSR count). The van der Waals surface area contributed by atoms with Crippen LogP contribution in [0.1, 0.15) is 0 Å². The minimum absolute atomic E-state index is 0.894. The van der Waals surface area contributed by atoms with Gasteiger partial charge in [0, 0.05) is 110 Å². The van der Waals surface area contributed by atoms with Crippen molar-refractivity contribution >= 4 is 131 Å². The first-order chi connectivity index (χ1) is 74.4. The first kappa shape index (κ1) is 87.6. The van der Waals surface area contributed by atoms with Gasteiger partial charge in [0.05, 0.1) is 83.3 Å². The van der Waals surface area contributed by atoms with Crippen LogP contribution >= 0.6 is 0 Å². The third kappa shape index (κ3) is 15.3. The van der Waals surface area contributed by atoms with Gasteiger partial charge in [0.2, 0.25) is 0 Å². The molecule has 9 aromatic heterocycles. The van der Waals surface area contributed by atoms with Crippen LogP contribution < -0.4 is 0 Å². The van der Waals surface area contributed by atoms with Gasteiger partial charge in [0.15, 0.2) is 0 Å². The quantitative estimate of drug-likeness (QED) is 0.103. The smallest absolute Gasteiger partial charge is 0.138 e. The molecule has 0 saturated carbocycles. The van der Waals surface area contributed by atoms with Gasteiger partial charge in [-0.3, -0.25) is 13.7 Å². The van der Waals surface area contributed by atoms with Crippen LogP contribution in [0.3, 0.4) is 0 Å². The molecule has 30 aromatic rings. The number of hydrogen-bond donors (Lipinski definition) is 0. The van der Waals surface area contributed by atoms with Gasteiger partial charge in [0.1, 0.15) is 17.5 Å². The number of aromatic nitrogens is 9. The number of rotatable bonds is 15. The van der Waals surface area contributed by atoms with Crippen molar-refractivity contribution in [3.05, 3.63) is 564 Å². The van der Waals surface area contributed by atoms with E-state index in [0.717, 1.165) is 140 Å². The molecule has 0 saturated heterocycles. The van der Waals surface area contributed by atoms with Crippen molar-refractivity contribution in [3.63, 3.8) is 0 Å². The van der Waals surface area contributed by atoms with Crippen molar-refractivity contribution in [2.45, 2.75) is 0 Å². The first-order valence-electron chi connectivity index (χ1n) is 51.2. The largest absolute Gasteiger partial charge is 0.309 e. The summed E-state index contributed by atoms with van der Waals surface area (Å²) in [5, 5.41) is 14.7. The van der Waals surface area contributed by atoms with E-state index in [1.807, 2.05) is 0 Å². The molecule has 9 heteroatoms. The maximum Gasteiger partial charge on any atom is 0.138 e. The minimum Gasteiger partial charge on any atom is -0.309 e. The van der Waals surface area contributed by atoms with Gasteiger partial charge in [0.25, 0.3) is 0 Å². The highest BCUT2D eigenvalue weighted by atomic mass is 15.1. The molecule has 0 amide bonds. The van der Waals surface area contributed by atoms with Gasteiger partial charge in [-0.05, 0) is 195 Å². The molecule has 21 aromatic carbocycles. The molecule has 150 heavy (non-hydrogen) atoms. The standard InChI is InChI=1S/3C47H31N3/c1-4-15-32(16-5-1)35-30-42(33-17-6-2-7-18-33)48-46(31-35)50-44-26-13-10-21-38(44)40-24-14-23-37(47(40)50)34-27-28-45-41(29-34)39-22-11-12-25-43(39)49(45)36-19-8-3-9-20-36;1-4-16-32(17-5-1)34-30-41(33-18-6-2-7-19-33)48-45(31-34)50-43-28-13-11-23-40(43)46-37(24-15-29-44(46)50)39-26-14-25-38-36-22-10-12-27-42(36)49(47(38)39)35-20-8-3-9-21-35;1-4-14-32(15-5-1)36-28-42(33-16-6-2-7-17-33)48-47(31-36)50-44-23-13-11-21-39(44)41-27-25-35(30-46(41)50)34-24-26-40-38-20-10-12-22-43(38)49(45(40)29-34)37-18-8-3-9-19-37/h3*1-31H. The Morgan fingerprint density at radius 1 is 0.120 bits per heavy atom. The summed E-state index contributed by atoms with van der Waals surface area (Å²) in [7, 11) is 0. The average Bonchev–Trinajstić information content (AvgIpc) is 1.55. The van der Waals surface area contributed by atoms with Crippen LogP contribution in [0, 0.1) is 0 Å². The number of fused-ring (bicyclic) bond motifs is 18. The van der Waals surface area contributed by atoms with Crippen molar-refractivity contribution in [1.29, 1.82) is 0 Å². The fraction of sp³-hybridized carbons (Fsp3) is 0. The van der Waals surface area contributed by atoms with E-state index in [1.54, 1.807) is 0 Å². The van der Waals surface area contributed by atoms with E-state index in [1.165, 1.54) is 126 Å². The Kier molecular flexibility index (Phi) is 21.8. The Morgan fingerprint density at radius 3 is 0.820 bits per heavy atom. The van der Waals surface area contributed by atoms with Crippen LogP contribution in [0.4, 0.5) is 0 Å². The molecule has 0 aliphatic carbocycles. The van der Waals surface area contributed by atoms with Gasteiger partial charge in [-0.1, -0.05) is 425 Å². The third-order valence-corrected chi connectivity index (χ3v) is 29.7. The normalized spacial score (nSPS) is 11.6. The summed E-state index contributed by atoms with van der Waals surface area (Å²) in [6, 6.07) is 202. The molecular weight excluding hydrogens is 1820 g/mol. The fourth-order valence-corrected chi connectivity index (χ4v) is 23.0. The maximum absolute atomic E-state index is 5.39. The van der Waals surface area contributed by atoms with Crippen molar-refractivity contribution in [2.75, 3.05) is 0 Å². The first-order valence-corrected chi connectivity index (χ1v) is 51.2. The Bertz CT molecular complexity index is 10300. The molecule has 702 valence electrons. The van der Waals surface area contributed by atoms with Crippen LogP contribution in [0.15, 0.2) is 564 Å². The summed E-state index contributed by atoms with van der Waals surface area (Å²) < 4.78 is 14.2. The van der Waals surface area contributed by atoms with E-state index in [0.29, 0.717) is 0 Å². The molecule has 0 fully saturated rings. The van der Waals surface area contributed by atoms with E-state index >= 15 is 0 Å². The summed E-state index contributed by atoms with van der Waals surface area (Å²) >= 11 is 0. The molecule has 0 bridgehead atoms. The van der Waals surface area contributed by atoms with Gasteiger partial charge in [-0.2, -0.15) is 0 Å². The topological polar surface area (TPSA) is 68.2 Å². The van der Waals surface area contributed by atoms with Gasteiger partial charge >= 0.3 is 0 Å². The van der Waals surface area contributed by atoms with Crippen molar-refractivity contribution in [2.24, 2.45) is 0 Å². The molecule has 0 N–H and O–H groups in total. The molecule has 0 aliphatic heterocycles. The van der Waals surface area contributed by atoms with Gasteiger partial charge in [-0.15, -0.1) is 0 Å². The Labute approximate surface area is 866 Å².